The molecule has 1 aromatic carbocycles. The van der Waals surface area contributed by atoms with Gasteiger partial charge in [0.15, 0.2) is 0 Å². The Morgan fingerprint density at radius 2 is 2.27 bits per heavy atom. The maximum atomic E-state index is 12.8. The van der Waals surface area contributed by atoms with Crippen LogP contribution in [0.15, 0.2) is 36.7 Å². The minimum Gasteiger partial charge on any atom is -0.492 e. The number of fused-ring (bicyclic) bond motifs is 1. The average molecular weight is 299 g/mol. The van der Waals surface area contributed by atoms with Crippen molar-refractivity contribution in [2.24, 2.45) is 5.92 Å². The molecule has 1 unspecified atom stereocenters. The van der Waals surface area contributed by atoms with Gasteiger partial charge in [-0.2, -0.15) is 0 Å². The first-order valence-corrected chi connectivity index (χ1v) is 7.70. The molecule has 1 aromatic heterocycles. The normalized spacial score (nSPS) is 16.9. The SMILES string of the molecule is CCOc1ccccc1N(C)C(=O)C1CCn2ccnc2C1. The zero-order chi connectivity index (χ0) is 15.5. The predicted octanol–water partition coefficient (Wildman–Crippen LogP) is 2.51. The van der Waals surface area contributed by atoms with Crippen LogP contribution in [0.4, 0.5) is 5.69 Å². The molecular weight excluding hydrogens is 278 g/mol. The quantitative estimate of drug-likeness (QED) is 0.871. The molecule has 0 saturated carbocycles. The van der Waals surface area contributed by atoms with Crippen LogP contribution in [-0.4, -0.2) is 29.1 Å². The van der Waals surface area contributed by atoms with Crippen LogP contribution in [0.2, 0.25) is 0 Å². The highest BCUT2D eigenvalue weighted by Gasteiger charge is 2.29. The zero-order valence-electron chi connectivity index (χ0n) is 13.0. The number of anilines is 1. The zero-order valence-corrected chi connectivity index (χ0v) is 13.0. The minimum atomic E-state index is -0.0189. The van der Waals surface area contributed by atoms with E-state index >= 15 is 0 Å². The first-order chi connectivity index (χ1) is 10.7. The van der Waals surface area contributed by atoms with Crippen molar-refractivity contribution in [3.63, 3.8) is 0 Å². The molecule has 1 amide bonds. The predicted molar refractivity (Wildman–Crippen MR) is 85.1 cm³/mol. The summed E-state index contributed by atoms with van der Waals surface area (Å²) in [5.41, 5.74) is 0.822. The number of nitrogens with zero attached hydrogens (tertiary/aromatic N) is 3. The van der Waals surface area contributed by atoms with Crippen LogP contribution in [-0.2, 0) is 17.8 Å². The molecule has 2 aromatic rings. The molecule has 0 radical (unpaired) electrons. The number of para-hydroxylation sites is 2. The van der Waals surface area contributed by atoms with Gasteiger partial charge in [0.1, 0.15) is 11.6 Å². The first-order valence-electron chi connectivity index (χ1n) is 7.70. The molecule has 0 N–H and O–H groups in total. The van der Waals surface area contributed by atoms with E-state index in [9.17, 15) is 4.79 Å². The number of rotatable bonds is 4. The van der Waals surface area contributed by atoms with E-state index in [-0.39, 0.29) is 11.8 Å². The van der Waals surface area contributed by atoms with Crippen molar-refractivity contribution in [1.82, 2.24) is 9.55 Å². The van der Waals surface area contributed by atoms with Gasteiger partial charge in [-0.05, 0) is 25.5 Å². The Morgan fingerprint density at radius 1 is 1.45 bits per heavy atom. The molecule has 0 saturated heterocycles. The van der Waals surface area contributed by atoms with Gasteiger partial charge in [-0.1, -0.05) is 12.1 Å². The van der Waals surface area contributed by atoms with E-state index < -0.39 is 0 Å². The van der Waals surface area contributed by atoms with E-state index in [2.05, 4.69) is 9.55 Å². The van der Waals surface area contributed by atoms with Crippen molar-refractivity contribution in [2.45, 2.75) is 26.3 Å². The number of benzene rings is 1. The van der Waals surface area contributed by atoms with E-state index in [0.29, 0.717) is 13.0 Å². The van der Waals surface area contributed by atoms with Gasteiger partial charge < -0.3 is 14.2 Å². The Morgan fingerprint density at radius 3 is 3.09 bits per heavy atom. The number of carbonyl (C=O) groups excluding carboxylic acids is 1. The number of hydrogen-bond donors (Lipinski definition) is 0. The molecule has 1 aliphatic heterocycles. The van der Waals surface area contributed by atoms with E-state index in [1.807, 2.05) is 44.4 Å². The molecule has 0 bridgehead atoms. The topological polar surface area (TPSA) is 47.4 Å². The van der Waals surface area contributed by atoms with Gasteiger partial charge in [0.2, 0.25) is 5.91 Å². The van der Waals surface area contributed by atoms with Crippen molar-refractivity contribution in [3.05, 3.63) is 42.5 Å². The van der Waals surface area contributed by atoms with Crippen molar-refractivity contribution in [1.29, 1.82) is 0 Å². The average Bonchev–Trinajstić information content (AvgIpc) is 3.02. The second-order valence-electron chi connectivity index (χ2n) is 5.52. The fraction of sp³-hybridized carbons (Fsp3) is 0.412. The summed E-state index contributed by atoms with van der Waals surface area (Å²) in [4.78, 5) is 18.9. The summed E-state index contributed by atoms with van der Waals surface area (Å²) >= 11 is 0. The Kier molecular flexibility index (Phi) is 4.13. The molecule has 5 nitrogen and oxygen atoms in total. The van der Waals surface area contributed by atoms with Crippen molar-refractivity contribution in [3.8, 4) is 5.75 Å². The van der Waals surface area contributed by atoms with E-state index in [0.717, 1.165) is 30.2 Å². The van der Waals surface area contributed by atoms with Crippen LogP contribution in [0.25, 0.3) is 0 Å². The van der Waals surface area contributed by atoms with E-state index in [1.165, 1.54) is 0 Å². The number of amides is 1. The highest BCUT2D eigenvalue weighted by Crippen LogP contribution is 2.30. The number of imidazole rings is 1. The van der Waals surface area contributed by atoms with E-state index in [1.54, 1.807) is 11.1 Å². The molecule has 0 aliphatic carbocycles. The molecule has 116 valence electrons. The van der Waals surface area contributed by atoms with Crippen molar-refractivity contribution < 1.29 is 9.53 Å². The van der Waals surface area contributed by atoms with Gasteiger partial charge in [-0.15, -0.1) is 0 Å². The molecule has 0 spiro atoms. The summed E-state index contributed by atoms with van der Waals surface area (Å²) in [6.07, 6.45) is 5.33. The standard InChI is InChI=1S/C17H21N3O2/c1-3-22-15-7-5-4-6-14(15)19(2)17(21)13-8-10-20-11-9-18-16(20)12-13/h4-7,9,11,13H,3,8,10,12H2,1-2H3. The number of hydrogen-bond acceptors (Lipinski definition) is 3. The molecule has 1 aliphatic rings. The van der Waals surface area contributed by atoms with E-state index in [4.69, 9.17) is 4.74 Å². The third-order valence-electron chi connectivity index (χ3n) is 4.16. The maximum Gasteiger partial charge on any atom is 0.230 e. The van der Waals surface area contributed by atoms with Crippen LogP contribution in [0.1, 0.15) is 19.2 Å². The van der Waals surface area contributed by atoms with Gasteiger partial charge in [0, 0.05) is 38.3 Å². The van der Waals surface area contributed by atoms with Gasteiger partial charge in [0.05, 0.1) is 12.3 Å². The van der Waals surface area contributed by atoms with Crippen LogP contribution in [0.5, 0.6) is 5.75 Å². The van der Waals surface area contributed by atoms with Gasteiger partial charge in [-0.25, -0.2) is 4.98 Å². The van der Waals surface area contributed by atoms with Crippen LogP contribution < -0.4 is 9.64 Å². The van der Waals surface area contributed by atoms with Crippen molar-refractivity contribution in [2.75, 3.05) is 18.6 Å². The lowest BCUT2D eigenvalue weighted by Crippen LogP contribution is -2.37. The maximum absolute atomic E-state index is 12.8. The van der Waals surface area contributed by atoms with Crippen LogP contribution in [0, 0.1) is 5.92 Å². The summed E-state index contributed by atoms with van der Waals surface area (Å²) in [7, 11) is 1.82. The highest BCUT2D eigenvalue weighted by molar-refractivity contribution is 5.96. The van der Waals surface area contributed by atoms with Gasteiger partial charge in [0.25, 0.3) is 0 Å². The second kappa shape index (κ2) is 6.22. The molecule has 22 heavy (non-hydrogen) atoms. The Labute approximate surface area is 130 Å². The summed E-state index contributed by atoms with van der Waals surface area (Å²) in [5, 5.41) is 0. The first kappa shape index (κ1) is 14.6. The molecule has 0 fully saturated rings. The largest absolute Gasteiger partial charge is 0.492 e. The van der Waals surface area contributed by atoms with Gasteiger partial charge in [-0.3, -0.25) is 4.79 Å². The summed E-state index contributed by atoms with van der Waals surface area (Å²) in [5.74, 6) is 1.85. The molecule has 3 rings (SSSR count). The summed E-state index contributed by atoms with van der Waals surface area (Å²) < 4.78 is 7.75. The third-order valence-corrected chi connectivity index (χ3v) is 4.16. The lowest BCUT2D eigenvalue weighted by molar-refractivity contribution is -0.122. The lowest BCUT2D eigenvalue weighted by atomic mass is 9.96. The molecule has 1 atom stereocenters. The summed E-state index contributed by atoms with van der Waals surface area (Å²) in [6, 6.07) is 7.67. The van der Waals surface area contributed by atoms with Crippen LogP contribution >= 0.6 is 0 Å². The lowest BCUT2D eigenvalue weighted by Gasteiger charge is -2.28. The van der Waals surface area contributed by atoms with Crippen LogP contribution in [0.3, 0.4) is 0 Å². The number of ether oxygens (including phenoxy) is 1. The van der Waals surface area contributed by atoms with Crippen molar-refractivity contribution >= 4 is 11.6 Å². The second-order valence-corrected chi connectivity index (χ2v) is 5.52. The monoisotopic (exact) mass is 299 g/mol. The number of carbonyl (C=O) groups is 1. The number of aromatic nitrogens is 2. The van der Waals surface area contributed by atoms with Gasteiger partial charge >= 0.3 is 0 Å². The molecule has 2 heterocycles. The summed E-state index contributed by atoms with van der Waals surface area (Å²) in [6.45, 7) is 3.38. The molecular formula is C17H21N3O2. The number of aryl methyl sites for hydroxylation is 1. The third kappa shape index (κ3) is 2.71. The fourth-order valence-corrected chi connectivity index (χ4v) is 2.97. The Balaban J connectivity index is 1.78. The fourth-order valence-electron chi connectivity index (χ4n) is 2.97. The molecule has 5 heteroatoms. The Hall–Kier alpha value is -2.30. The smallest absolute Gasteiger partial charge is 0.230 e. The highest BCUT2D eigenvalue weighted by atomic mass is 16.5. The minimum absolute atomic E-state index is 0.0189. The Bertz CT molecular complexity index is 665.